The quantitative estimate of drug-likeness (QED) is 0.873. The fourth-order valence-electron chi connectivity index (χ4n) is 2.38. The maximum absolute atomic E-state index is 6.07. The minimum Gasteiger partial charge on any atom is -0.383 e. The summed E-state index contributed by atoms with van der Waals surface area (Å²) >= 11 is 6.07. The highest BCUT2D eigenvalue weighted by atomic mass is 35.5. The van der Waals surface area contributed by atoms with E-state index >= 15 is 0 Å². The van der Waals surface area contributed by atoms with E-state index in [4.69, 9.17) is 17.3 Å². The highest BCUT2D eigenvalue weighted by molar-refractivity contribution is 6.30. The van der Waals surface area contributed by atoms with Gasteiger partial charge in [-0.15, -0.1) is 0 Å². The standard InChI is InChI=1S/C17H22ClN3/c1-4-20-16(15-9-14(18)10-21-17(15)19)13-7-5-12(6-8-13)11(2)3/h5-11,16,20H,4H2,1-3H3,(H2,19,21). The number of halogens is 1. The Morgan fingerprint density at radius 2 is 1.81 bits per heavy atom. The van der Waals surface area contributed by atoms with Crippen LogP contribution < -0.4 is 11.1 Å². The molecule has 0 radical (unpaired) electrons. The number of nitrogen functional groups attached to an aromatic ring is 1. The predicted octanol–water partition coefficient (Wildman–Crippen LogP) is 4.14. The molecule has 1 aromatic heterocycles. The van der Waals surface area contributed by atoms with E-state index < -0.39 is 0 Å². The Labute approximate surface area is 131 Å². The van der Waals surface area contributed by atoms with Gasteiger partial charge in [-0.05, 0) is 29.7 Å². The number of aromatic nitrogens is 1. The van der Waals surface area contributed by atoms with Gasteiger partial charge in [0.25, 0.3) is 0 Å². The van der Waals surface area contributed by atoms with Gasteiger partial charge in [0.2, 0.25) is 0 Å². The van der Waals surface area contributed by atoms with E-state index in [1.807, 2.05) is 6.07 Å². The maximum Gasteiger partial charge on any atom is 0.128 e. The van der Waals surface area contributed by atoms with Crippen molar-refractivity contribution < 1.29 is 0 Å². The van der Waals surface area contributed by atoms with Crippen molar-refractivity contribution in [3.63, 3.8) is 0 Å². The highest BCUT2D eigenvalue weighted by Crippen LogP contribution is 2.28. The molecule has 1 unspecified atom stereocenters. The van der Waals surface area contributed by atoms with Gasteiger partial charge >= 0.3 is 0 Å². The minimum absolute atomic E-state index is 0.00223. The second-order valence-corrected chi connectivity index (χ2v) is 5.88. The Hall–Kier alpha value is -1.58. The monoisotopic (exact) mass is 303 g/mol. The summed E-state index contributed by atoms with van der Waals surface area (Å²) in [6.07, 6.45) is 1.57. The Morgan fingerprint density at radius 3 is 2.38 bits per heavy atom. The number of hydrogen-bond acceptors (Lipinski definition) is 3. The van der Waals surface area contributed by atoms with Crippen LogP contribution in [0.4, 0.5) is 5.82 Å². The lowest BCUT2D eigenvalue weighted by Gasteiger charge is -2.21. The van der Waals surface area contributed by atoms with Gasteiger partial charge < -0.3 is 11.1 Å². The summed E-state index contributed by atoms with van der Waals surface area (Å²) in [7, 11) is 0. The van der Waals surface area contributed by atoms with Crippen molar-refractivity contribution in [3.8, 4) is 0 Å². The summed E-state index contributed by atoms with van der Waals surface area (Å²) in [6, 6.07) is 10.5. The van der Waals surface area contributed by atoms with Gasteiger partial charge in [-0.2, -0.15) is 0 Å². The van der Waals surface area contributed by atoms with Gasteiger partial charge in [0.1, 0.15) is 5.82 Å². The van der Waals surface area contributed by atoms with Crippen molar-refractivity contribution in [2.45, 2.75) is 32.7 Å². The van der Waals surface area contributed by atoms with Gasteiger partial charge in [-0.1, -0.05) is 56.6 Å². The molecule has 1 atom stereocenters. The molecule has 2 aromatic rings. The predicted molar refractivity (Wildman–Crippen MR) is 89.7 cm³/mol. The molecule has 0 saturated heterocycles. The van der Waals surface area contributed by atoms with Gasteiger partial charge in [-0.3, -0.25) is 0 Å². The Morgan fingerprint density at radius 1 is 1.19 bits per heavy atom. The molecule has 1 aromatic carbocycles. The molecule has 0 amide bonds. The average Bonchev–Trinajstić information content (AvgIpc) is 2.48. The van der Waals surface area contributed by atoms with Crippen LogP contribution in [0.25, 0.3) is 0 Å². The molecule has 0 fully saturated rings. The molecule has 21 heavy (non-hydrogen) atoms. The molecule has 0 saturated carbocycles. The summed E-state index contributed by atoms with van der Waals surface area (Å²) in [5, 5.41) is 4.05. The lowest BCUT2D eigenvalue weighted by molar-refractivity contribution is 0.630. The molecule has 3 nitrogen and oxygen atoms in total. The van der Waals surface area contributed by atoms with E-state index in [0.29, 0.717) is 16.8 Å². The molecular formula is C17H22ClN3. The topological polar surface area (TPSA) is 50.9 Å². The SMILES string of the molecule is CCNC(c1ccc(C(C)C)cc1)c1cc(Cl)cnc1N. The van der Waals surface area contributed by atoms with Crippen LogP contribution in [0.15, 0.2) is 36.5 Å². The van der Waals surface area contributed by atoms with E-state index in [2.05, 4.69) is 55.3 Å². The summed E-state index contributed by atoms with van der Waals surface area (Å²) in [4.78, 5) is 4.16. The van der Waals surface area contributed by atoms with Gasteiger partial charge in [-0.25, -0.2) is 4.98 Å². The van der Waals surface area contributed by atoms with Crippen molar-refractivity contribution in [3.05, 3.63) is 58.2 Å². The van der Waals surface area contributed by atoms with Crippen LogP contribution in [0, 0.1) is 0 Å². The van der Waals surface area contributed by atoms with Crippen LogP contribution in [0.3, 0.4) is 0 Å². The van der Waals surface area contributed by atoms with Crippen LogP contribution in [0.5, 0.6) is 0 Å². The minimum atomic E-state index is 0.00223. The van der Waals surface area contributed by atoms with Crippen LogP contribution in [-0.2, 0) is 0 Å². The average molecular weight is 304 g/mol. The zero-order chi connectivity index (χ0) is 15.4. The normalized spacial score (nSPS) is 12.6. The first-order valence-electron chi connectivity index (χ1n) is 7.27. The van der Waals surface area contributed by atoms with E-state index in [-0.39, 0.29) is 6.04 Å². The Balaban J connectivity index is 2.40. The number of pyridine rings is 1. The second-order valence-electron chi connectivity index (χ2n) is 5.44. The number of nitrogens with two attached hydrogens (primary N) is 1. The third-order valence-electron chi connectivity index (χ3n) is 3.57. The van der Waals surface area contributed by atoms with E-state index in [1.165, 1.54) is 5.56 Å². The van der Waals surface area contributed by atoms with Gasteiger partial charge in [0.05, 0.1) is 11.1 Å². The number of hydrogen-bond donors (Lipinski definition) is 2. The zero-order valence-electron chi connectivity index (χ0n) is 12.7. The molecule has 112 valence electrons. The fourth-order valence-corrected chi connectivity index (χ4v) is 2.55. The molecule has 0 aliphatic carbocycles. The summed E-state index contributed by atoms with van der Waals surface area (Å²) < 4.78 is 0. The lowest BCUT2D eigenvalue weighted by Crippen LogP contribution is -2.23. The number of anilines is 1. The molecule has 0 aliphatic rings. The molecule has 0 bridgehead atoms. The molecule has 1 heterocycles. The molecule has 3 N–H and O–H groups in total. The summed E-state index contributed by atoms with van der Waals surface area (Å²) in [6.45, 7) is 7.29. The largest absolute Gasteiger partial charge is 0.383 e. The Bertz CT molecular complexity index is 593. The third kappa shape index (κ3) is 3.74. The zero-order valence-corrected chi connectivity index (χ0v) is 13.5. The molecule has 0 spiro atoms. The van der Waals surface area contributed by atoms with Crippen LogP contribution >= 0.6 is 11.6 Å². The van der Waals surface area contributed by atoms with Crippen molar-refractivity contribution in [2.75, 3.05) is 12.3 Å². The number of rotatable bonds is 5. The third-order valence-corrected chi connectivity index (χ3v) is 3.78. The second kappa shape index (κ2) is 6.92. The molecule has 2 rings (SSSR count). The molecule has 0 aliphatic heterocycles. The fraction of sp³-hybridized carbons (Fsp3) is 0.353. The van der Waals surface area contributed by atoms with Crippen LogP contribution in [0.2, 0.25) is 5.02 Å². The maximum atomic E-state index is 6.07. The first-order valence-corrected chi connectivity index (χ1v) is 7.64. The first kappa shape index (κ1) is 15.8. The first-order chi connectivity index (χ1) is 10.0. The van der Waals surface area contributed by atoms with Gasteiger partial charge in [0.15, 0.2) is 0 Å². The number of nitrogens with one attached hydrogen (secondary N) is 1. The summed E-state index contributed by atoms with van der Waals surface area (Å²) in [5.74, 6) is 1.04. The smallest absolute Gasteiger partial charge is 0.128 e. The van der Waals surface area contributed by atoms with Crippen molar-refractivity contribution in [1.82, 2.24) is 10.3 Å². The van der Waals surface area contributed by atoms with Crippen LogP contribution in [-0.4, -0.2) is 11.5 Å². The lowest BCUT2D eigenvalue weighted by atomic mass is 9.95. The van der Waals surface area contributed by atoms with E-state index in [0.717, 1.165) is 17.7 Å². The van der Waals surface area contributed by atoms with Gasteiger partial charge in [0, 0.05) is 11.8 Å². The Kier molecular flexibility index (Phi) is 5.21. The molecular weight excluding hydrogens is 282 g/mol. The molecule has 4 heteroatoms. The van der Waals surface area contributed by atoms with E-state index in [1.54, 1.807) is 6.20 Å². The van der Waals surface area contributed by atoms with Crippen molar-refractivity contribution >= 4 is 17.4 Å². The van der Waals surface area contributed by atoms with E-state index in [9.17, 15) is 0 Å². The highest BCUT2D eigenvalue weighted by Gasteiger charge is 2.17. The number of nitrogens with zero attached hydrogens (tertiary/aromatic N) is 1. The van der Waals surface area contributed by atoms with Crippen molar-refractivity contribution in [1.29, 1.82) is 0 Å². The van der Waals surface area contributed by atoms with Crippen molar-refractivity contribution in [2.24, 2.45) is 0 Å². The summed E-state index contributed by atoms with van der Waals surface area (Å²) in [5.41, 5.74) is 9.43. The number of benzene rings is 1. The van der Waals surface area contributed by atoms with Crippen LogP contribution in [0.1, 0.15) is 49.4 Å².